The third kappa shape index (κ3) is 4.32. The van der Waals surface area contributed by atoms with Crippen LogP contribution in [0.4, 0.5) is 0 Å². The van der Waals surface area contributed by atoms with Gasteiger partial charge in [0.05, 0.1) is 0 Å². The highest BCUT2D eigenvalue weighted by Crippen LogP contribution is 2.27. The summed E-state index contributed by atoms with van der Waals surface area (Å²) in [5.74, 6) is 0. The lowest BCUT2D eigenvalue weighted by Crippen LogP contribution is -2.42. The molecule has 0 saturated carbocycles. The summed E-state index contributed by atoms with van der Waals surface area (Å²) in [5, 5.41) is 7.21. The zero-order chi connectivity index (χ0) is 14.8. The molecule has 0 amide bonds. The maximum atomic E-state index is 3.76. The largest absolute Gasteiger partial charge is 0.312 e. The van der Waals surface area contributed by atoms with E-state index in [-0.39, 0.29) is 5.54 Å². The van der Waals surface area contributed by atoms with Crippen LogP contribution in [0.25, 0.3) is 0 Å². The van der Waals surface area contributed by atoms with Gasteiger partial charge in [-0.15, -0.1) is 0 Å². The first kappa shape index (κ1) is 15.5. The van der Waals surface area contributed by atoms with Crippen molar-refractivity contribution >= 4 is 0 Å². The maximum Gasteiger partial charge on any atom is 0.0213 e. The summed E-state index contributed by atoms with van der Waals surface area (Å²) in [6, 6.07) is 6.73. The summed E-state index contributed by atoms with van der Waals surface area (Å²) in [6.45, 7) is 14.7. The van der Waals surface area contributed by atoms with Crippen molar-refractivity contribution in [1.29, 1.82) is 0 Å². The SMILES string of the molecule is CC(C)(C)CC(C)(C)NCc1cccc2c1CCNC2. The van der Waals surface area contributed by atoms with Gasteiger partial charge in [-0.1, -0.05) is 39.0 Å². The average Bonchev–Trinajstić information content (AvgIpc) is 2.33. The molecular weight excluding hydrogens is 244 g/mol. The van der Waals surface area contributed by atoms with E-state index in [1.807, 2.05) is 0 Å². The molecule has 0 atom stereocenters. The first-order valence-corrected chi connectivity index (χ1v) is 7.82. The lowest BCUT2D eigenvalue weighted by molar-refractivity contribution is 0.240. The van der Waals surface area contributed by atoms with Gasteiger partial charge in [-0.2, -0.15) is 0 Å². The van der Waals surface area contributed by atoms with Gasteiger partial charge in [-0.05, 0) is 55.3 Å². The highest BCUT2D eigenvalue weighted by molar-refractivity contribution is 5.37. The quantitative estimate of drug-likeness (QED) is 0.876. The third-order valence-corrected chi connectivity index (χ3v) is 3.97. The van der Waals surface area contributed by atoms with E-state index < -0.39 is 0 Å². The van der Waals surface area contributed by atoms with Gasteiger partial charge in [-0.3, -0.25) is 0 Å². The molecule has 0 aliphatic carbocycles. The van der Waals surface area contributed by atoms with E-state index in [4.69, 9.17) is 0 Å². The van der Waals surface area contributed by atoms with Gasteiger partial charge < -0.3 is 10.6 Å². The first-order valence-electron chi connectivity index (χ1n) is 7.82. The molecule has 2 rings (SSSR count). The average molecular weight is 274 g/mol. The van der Waals surface area contributed by atoms with E-state index in [1.54, 1.807) is 5.56 Å². The second-order valence-corrected chi connectivity index (χ2v) is 7.96. The molecule has 2 nitrogen and oxygen atoms in total. The molecule has 0 unspecified atom stereocenters. The predicted molar refractivity (Wildman–Crippen MR) is 86.8 cm³/mol. The van der Waals surface area contributed by atoms with E-state index in [2.05, 4.69) is 63.5 Å². The van der Waals surface area contributed by atoms with Crippen molar-refractivity contribution in [2.24, 2.45) is 5.41 Å². The minimum atomic E-state index is 0.174. The van der Waals surface area contributed by atoms with Crippen molar-refractivity contribution in [2.75, 3.05) is 6.54 Å². The van der Waals surface area contributed by atoms with Crippen molar-refractivity contribution < 1.29 is 0 Å². The van der Waals surface area contributed by atoms with Gasteiger partial charge in [0.15, 0.2) is 0 Å². The van der Waals surface area contributed by atoms with Gasteiger partial charge in [0, 0.05) is 18.6 Å². The van der Waals surface area contributed by atoms with E-state index in [0.29, 0.717) is 5.41 Å². The summed E-state index contributed by atoms with van der Waals surface area (Å²) in [6.07, 6.45) is 2.34. The fraction of sp³-hybridized carbons (Fsp3) is 0.667. The molecule has 112 valence electrons. The summed E-state index contributed by atoms with van der Waals surface area (Å²) in [5.41, 5.74) is 5.05. The molecule has 1 heterocycles. The number of rotatable bonds is 4. The molecule has 1 aliphatic rings. The fourth-order valence-corrected chi connectivity index (χ4v) is 3.50. The van der Waals surface area contributed by atoms with Gasteiger partial charge in [0.25, 0.3) is 0 Å². The van der Waals surface area contributed by atoms with Gasteiger partial charge >= 0.3 is 0 Å². The Balaban J connectivity index is 2.04. The van der Waals surface area contributed by atoms with E-state index in [1.165, 1.54) is 17.5 Å². The number of hydrogen-bond donors (Lipinski definition) is 2. The Labute approximate surface area is 124 Å². The van der Waals surface area contributed by atoms with Crippen LogP contribution in [0.2, 0.25) is 0 Å². The summed E-state index contributed by atoms with van der Waals surface area (Å²) >= 11 is 0. The van der Waals surface area contributed by atoms with Crippen molar-refractivity contribution in [3.05, 3.63) is 34.9 Å². The molecule has 2 heteroatoms. The molecule has 0 bridgehead atoms. The van der Waals surface area contributed by atoms with E-state index in [9.17, 15) is 0 Å². The van der Waals surface area contributed by atoms with Crippen LogP contribution in [0.5, 0.6) is 0 Å². The Bertz CT molecular complexity index is 455. The molecule has 2 N–H and O–H groups in total. The van der Waals surface area contributed by atoms with Crippen LogP contribution in [0.3, 0.4) is 0 Å². The van der Waals surface area contributed by atoms with Gasteiger partial charge in [0.2, 0.25) is 0 Å². The zero-order valence-corrected chi connectivity index (χ0v) is 13.8. The van der Waals surface area contributed by atoms with Gasteiger partial charge in [0.1, 0.15) is 0 Å². The van der Waals surface area contributed by atoms with Crippen LogP contribution in [0, 0.1) is 5.41 Å². The lowest BCUT2D eigenvalue weighted by atomic mass is 9.81. The lowest BCUT2D eigenvalue weighted by Gasteiger charge is -2.34. The van der Waals surface area contributed by atoms with Crippen molar-refractivity contribution in [3.63, 3.8) is 0 Å². The molecule has 0 fully saturated rings. The topological polar surface area (TPSA) is 24.1 Å². The highest BCUT2D eigenvalue weighted by atomic mass is 15.0. The molecule has 0 spiro atoms. The number of fused-ring (bicyclic) bond motifs is 1. The van der Waals surface area contributed by atoms with E-state index >= 15 is 0 Å². The van der Waals surface area contributed by atoms with Crippen LogP contribution in [0.15, 0.2) is 18.2 Å². The summed E-state index contributed by atoms with van der Waals surface area (Å²) in [4.78, 5) is 0. The number of hydrogen-bond acceptors (Lipinski definition) is 2. The molecule has 0 aromatic heterocycles. The predicted octanol–water partition coefficient (Wildman–Crippen LogP) is 3.64. The van der Waals surface area contributed by atoms with Crippen LogP contribution < -0.4 is 10.6 Å². The first-order chi connectivity index (χ1) is 9.27. The minimum Gasteiger partial charge on any atom is -0.312 e. The Morgan fingerprint density at radius 3 is 2.60 bits per heavy atom. The standard InChI is InChI=1S/C18H30N2/c1-17(2,3)13-18(4,5)20-12-15-8-6-7-14-11-19-10-9-16(14)15/h6-8,19-20H,9-13H2,1-5H3. The fourth-order valence-electron chi connectivity index (χ4n) is 3.50. The van der Waals surface area contributed by atoms with Crippen LogP contribution in [-0.2, 0) is 19.5 Å². The molecule has 20 heavy (non-hydrogen) atoms. The van der Waals surface area contributed by atoms with Crippen LogP contribution >= 0.6 is 0 Å². The van der Waals surface area contributed by atoms with Crippen molar-refractivity contribution in [2.45, 2.75) is 66.1 Å². The molecule has 1 aromatic carbocycles. The molecule has 1 aromatic rings. The number of nitrogens with one attached hydrogen (secondary N) is 2. The Hall–Kier alpha value is -0.860. The van der Waals surface area contributed by atoms with Crippen molar-refractivity contribution in [3.8, 4) is 0 Å². The Morgan fingerprint density at radius 2 is 1.90 bits per heavy atom. The summed E-state index contributed by atoms with van der Waals surface area (Å²) in [7, 11) is 0. The molecule has 0 saturated heterocycles. The minimum absolute atomic E-state index is 0.174. The Morgan fingerprint density at radius 1 is 1.15 bits per heavy atom. The smallest absolute Gasteiger partial charge is 0.0213 e. The second kappa shape index (κ2) is 5.87. The second-order valence-electron chi connectivity index (χ2n) is 7.96. The zero-order valence-electron chi connectivity index (χ0n) is 13.8. The third-order valence-electron chi connectivity index (χ3n) is 3.97. The highest BCUT2D eigenvalue weighted by Gasteiger charge is 2.25. The normalized spacial score (nSPS) is 16.1. The molecule has 1 aliphatic heterocycles. The Kier molecular flexibility index (Phi) is 4.55. The monoisotopic (exact) mass is 274 g/mol. The van der Waals surface area contributed by atoms with Gasteiger partial charge in [-0.25, -0.2) is 0 Å². The molecular formula is C18H30N2. The summed E-state index contributed by atoms with van der Waals surface area (Å²) < 4.78 is 0. The van der Waals surface area contributed by atoms with Crippen molar-refractivity contribution in [1.82, 2.24) is 10.6 Å². The maximum absolute atomic E-state index is 3.76. The van der Waals surface area contributed by atoms with Crippen LogP contribution in [0.1, 0.15) is 57.7 Å². The molecule has 0 radical (unpaired) electrons. The number of benzene rings is 1. The van der Waals surface area contributed by atoms with Crippen LogP contribution in [-0.4, -0.2) is 12.1 Å². The van der Waals surface area contributed by atoms with E-state index in [0.717, 1.165) is 26.1 Å².